The first-order chi connectivity index (χ1) is 11.5. The lowest BCUT2D eigenvalue weighted by Gasteiger charge is -2.39. The van der Waals surface area contributed by atoms with Crippen LogP contribution in [0.1, 0.15) is 55.4 Å². The molecule has 2 heterocycles. The molecule has 1 aliphatic heterocycles. The molecule has 0 N–H and O–H groups in total. The van der Waals surface area contributed by atoms with Crippen molar-refractivity contribution in [2.45, 2.75) is 58.0 Å². The van der Waals surface area contributed by atoms with Crippen LogP contribution in [-0.4, -0.2) is 32.1 Å². The van der Waals surface area contributed by atoms with Gasteiger partial charge in [0.2, 0.25) is 5.91 Å². The minimum absolute atomic E-state index is 0.0233. The summed E-state index contributed by atoms with van der Waals surface area (Å²) in [4.78, 5) is 15.2. The van der Waals surface area contributed by atoms with E-state index >= 15 is 0 Å². The number of aromatic nitrogens is 3. The molecule has 1 amide bonds. The zero-order valence-electron chi connectivity index (χ0n) is 14.6. The molecule has 1 aromatic carbocycles. The standard InChI is InChI=1S/C19H24N4O/c1-13-20-21-17-12-22(10-11-23(13)17)18(24)15-8-9-19(2,3)16-7-5-4-6-14(15)16/h4-7,15H,8-12H2,1-3H3/t15-/m0/s1. The van der Waals surface area contributed by atoms with Gasteiger partial charge in [-0.25, -0.2) is 0 Å². The monoisotopic (exact) mass is 324 g/mol. The Balaban J connectivity index is 1.62. The molecule has 0 fully saturated rings. The highest BCUT2D eigenvalue weighted by molar-refractivity contribution is 5.84. The van der Waals surface area contributed by atoms with Crippen molar-refractivity contribution in [2.75, 3.05) is 6.54 Å². The summed E-state index contributed by atoms with van der Waals surface area (Å²) in [5.41, 5.74) is 2.68. The van der Waals surface area contributed by atoms with Gasteiger partial charge < -0.3 is 9.47 Å². The molecular weight excluding hydrogens is 300 g/mol. The van der Waals surface area contributed by atoms with Gasteiger partial charge in [0.1, 0.15) is 5.82 Å². The fourth-order valence-corrected chi connectivity index (χ4v) is 4.18. The van der Waals surface area contributed by atoms with E-state index < -0.39 is 0 Å². The number of fused-ring (bicyclic) bond motifs is 2. The van der Waals surface area contributed by atoms with Crippen molar-refractivity contribution in [3.05, 3.63) is 47.0 Å². The zero-order chi connectivity index (χ0) is 16.9. The van der Waals surface area contributed by atoms with Crippen LogP contribution < -0.4 is 0 Å². The number of rotatable bonds is 1. The number of aryl methyl sites for hydroxylation is 1. The average molecular weight is 324 g/mol. The molecule has 24 heavy (non-hydrogen) atoms. The lowest BCUT2D eigenvalue weighted by molar-refractivity contribution is -0.134. The molecule has 5 heteroatoms. The number of carbonyl (C=O) groups is 1. The van der Waals surface area contributed by atoms with E-state index in [0.29, 0.717) is 6.54 Å². The first kappa shape index (κ1) is 15.4. The van der Waals surface area contributed by atoms with E-state index in [4.69, 9.17) is 0 Å². The minimum Gasteiger partial charge on any atom is -0.333 e. The maximum atomic E-state index is 13.2. The second-order valence-corrected chi connectivity index (χ2v) is 7.64. The van der Waals surface area contributed by atoms with Crippen LogP contribution in [0.2, 0.25) is 0 Å². The normalized spacial score (nSPS) is 22.0. The molecule has 0 radical (unpaired) electrons. The predicted octanol–water partition coefficient (Wildman–Crippen LogP) is 2.78. The third kappa shape index (κ3) is 2.34. The molecule has 126 valence electrons. The molecule has 5 nitrogen and oxygen atoms in total. The molecule has 0 unspecified atom stereocenters. The van der Waals surface area contributed by atoms with E-state index in [1.807, 2.05) is 11.8 Å². The lowest BCUT2D eigenvalue weighted by atomic mass is 9.68. The maximum absolute atomic E-state index is 13.2. The first-order valence-corrected chi connectivity index (χ1v) is 8.74. The van der Waals surface area contributed by atoms with Crippen LogP contribution in [-0.2, 0) is 23.3 Å². The highest BCUT2D eigenvalue weighted by Crippen LogP contribution is 2.43. The summed E-state index contributed by atoms with van der Waals surface area (Å²) in [5, 5.41) is 8.36. The van der Waals surface area contributed by atoms with Gasteiger partial charge in [-0.3, -0.25) is 4.79 Å². The van der Waals surface area contributed by atoms with Crippen LogP contribution in [0.25, 0.3) is 0 Å². The molecule has 0 saturated heterocycles. The van der Waals surface area contributed by atoms with Crippen molar-refractivity contribution in [1.29, 1.82) is 0 Å². The second kappa shape index (κ2) is 5.43. The Bertz CT molecular complexity index is 792. The van der Waals surface area contributed by atoms with Crippen LogP contribution in [0.5, 0.6) is 0 Å². The van der Waals surface area contributed by atoms with Gasteiger partial charge in [-0.2, -0.15) is 0 Å². The predicted molar refractivity (Wildman–Crippen MR) is 91.6 cm³/mol. The SMILES string of the molecule is Cc1nnc2n1CCN(C(=O)[C@H]1CCC(C)(C)c3ccccc31)C2. The van der Waals surface area contributed by atoms with Gasteiger partial charge in [0.05, 0.1) is 12.5 Å². The van der Waals surface area contributed by atoms with Crippen LogP contribution in [0.4, 0.5) is 0 Å². The van der Waals surface area contributed by atoms with E-state index in [9.17, 15) is 4.79 Å². The fourth-order valence-electron chi connectivity index (χ4n) is 4.18. The number of benzene rings is 1. The first-order valence-electron chi connectivity index (χ1n) is 8.74. The number of hydrogen-bond acceptors (Lipinski definition) is 3. The summed E-state index contributed by atoms with van der Waals surface area (Å²) in [6.45, 7) is 8.62. The van der Waals surface area contributed by atoms with Crippen LogP contribution >= 0.6 is 0 Å². The largest absolute Gasteiger partial charge is 0.333 e. The van der Waals surface area contributed by atoms with Crippen LogP contribution in [0.3, 0.4) is 0 Å². The topological polar surface area (TPSA) is 51.0 Å². The molecule has 4 rings (SSSR count). The molecule has 2 aromatic rings. The Labute approximate surface area is 142 Å². The van der Waals surface area contributed by atoms with Crippen molar-refractivity contribution in [3.8, 4) is 0 Å². The van der Waals surface area contributed by atoms with Crippen LogP contribution in [0, 0.1) is 6.92 Å². The Kier molecular flexibility index (Phi) is 3.48. The summed E-state index contributed by atoms with van der Waals surface area (Å²) in [6, 6.07) is 8.46. The Morgan fingerprint density at radius 3 is 2.83 bits per heavy atom. The fraction of sp³-hybridized carbons (Fsp3) is 0.526. The van der Waals surface area contributed by atoms with Crippen molar-refractivity contribution in [1.82, 2.24) is 19.7 Å². The number of hydrogen-bond donors (Lipinski definition) is 0. The van der Waals surface area contributed by atoms with Crippen molar-refractivity contribution in [3.63, 3.8) is 0 Å². The highest BCUT2D eigenvalue weighted by Gasteiger charge is 2.38. The zero-order valence-corrected chi connectivity index (χ0v) is 14.6. The summed E-state index contributed by atoms with van der Waals surface area (Å²) in [6.07, 6.45) is 1.97. The summed E-state index contributed by atoms with van der Waals surface area (Å²) < 4.78 is 2.11. The second-order valence-electron chi connectivity index (χ2n) is 7.64. The summed E-state index contributed by atoms with van der Waals surface area (Å²) >= 11 is 0. The highest BCUT2D eigenvalue weighted by atomic mass is 16.2. The maximum Gasteiger partial charge on any atom is 0.230 e. The molecule has 1 aromatic heterocycles. The van der Waals surface area contributed by atoms with E-state index in [0.717, 1.165) is 37.6 Å². The Morgan fingerprint density at radius 2 is 2.00 bits per heavy atom. The minimum atomic E-state index is -0.0233. The smallest absolute Gasteiger partial charge is 0.230 e. The van der Waals surface area contributed by atoms with Gasteiger partial charge >= 0.3 is 0 Å². The van der Waals surface area contributed by atoms with E-state index in [-0.39, 0.29) is 17.2 Å². The van der Waals surface area contributed by atoms with Crippen molar-refractivity contribution >= 4 is 5.91 Å². The number of nitrogens with zero attached hydrogens (tertiary/aromatic N) is 4. The van der Waals surface area contributed by atoms with E-state index in [1.165, 1.54) is 11.1 Å². The molecule has 1 aliphatic carbocycles. The van der Waals surface area contributed by atoms with Gasteiger partial charge in [-0.1, -0.05) is 38.1 Å². The third-order valence-electron chi connectivity index (χ3n) is 5.67. The van der Waals surface area contributed by atoms with Gasteiger partial charge in [-0.05, 0) is 36.3 Å². The molecule has 2 aliphatic rings. The number of amides is 1. The van der Waals surface area contributed by atoms with Gasteiger partial charge in [0.25, 0.3) is 0 Å². The summed E-state index contributed by atoms with van der Waals surface area (Å²) in [7, 11) is 0. The lowest BCUT2D eigenvalue weighted by Crippen LogP contribution is -2.43. The van der Waals surface area contributed by atoms with Crippen molar-refractivity contribution in [2.24, 2.45) is 0 Å². The molecule has 1 atom stereocenters. The van der Waals surface area contributed by atoms with Gasteiger partial charge in [0.15, 0.2) is 5.82 Å². The molecular formula is C19H24N4O. The molecule has 0 spiro atoms. The molecule has 0 saturated carbocycles. The number of carbonyl (C=O) groups excluding carboxylic acids is 1. The third-order valence-corrected chi connectivity index (χ3v) is 5.67. The molecule has 0 bridgehead atoms. The van der Waals surface area contributed by atoms with E-state index in [1.54, 1.807) is 0 Å². The Hall–Kier alpha value is -2.17. The quantitative estimate of drug-likeness (QED) is 0.810. The van der Waals surface area contributed by atoms with E-state index in [2.05, 4.69) is 52.9 Å². The average Bonchev–Trinajstić information content (AvgIpc) is 2.95. The van der Waals surface area contributed by atoms with Gasteiger partial charge in [-0.15, -0.1) is 10.2 Å². The van der Waals surface area contributed by atoms with Crippen molar-refractivity contribution < 1.29 is 4.79 Å². The van der Waals surface area contributed by atoms with Crippen LogP contribution in [0.15, 0.2) is 24.3 Å². The summed E-state index contributed by atoms with van der Waals surface area (Å²) in [5.74, 6) is 2.05. The Morgan fingerprint density at radius 1 is 1.21 bits per heavy atom. The van der Waals surface area contributed by atoms with Gasteiger partial charge in [0, 0.05) is 13.1 Å².